The Morgan fingerprint density at radius 2 is 1.73 bits per heavy atom. The van der Waals surface area contributed by atoms with Gasteiger partial charge in [-0.15, -0.1) is 0 Å². The maximum absolute atomic E-state index is 13.2. The highest BCUT2D eigenvalue weighted by Crippen LogP contribution is 2.31. The predicted octanol–water partition coefficient (Wildman–Crippen LogP) is 2.86. The topological polar surface area (TPSA) is 101 Å². The van der Waals surface area contributed by atoms with Crippen molar-refractivity contribution in [2.45, 2.75) is 18.4 Å². The summed E-state index contributed by atoms with van der Waals surface area (Å²) in [4.78, 5) is 38.2. The molecule has 3 amide bonds. The molecular formula is C20H17ClN2O6S. The van der Waals surface area contributed by atoms with Crippen LogP contribution in [-0.2, 0) is 30.9 Å². The summed E-state index contributed by atoms with van der Waals surface area (Å²) in [6, 6.07) is 11.1. The van der Waals surface area contributed by atoms with Crippen LogP contribution in [0.1, 0.15) is 11.1 Å². The molecule has 0 radical (unpaired) electrons. The van der Waals surface area contributed by atoms with Crippen molar-refractivity contribution in [1.82, 2.24) is 9.21 Å². The summed E-state index contributed by atoms with van der Waals surface area (Å²) in [7, 11) is -3.39. The minimum atomic E-state index is -4.46. The number of hydrogen-bond donors (Lipinski definition) is 0. The number of hydrogen-bond acceptors (Lipinski definition) is 6. The molecule has 0 unspecified atom stereocenters. The molecule has 30 heavy (non-hydrogen) atoms. The number of amides is 3. The van der Waals surface area contributed by atoms with Gasteiger partial charge in [-0.2, -0.15) is 4.31 Å². The maximum Gasteiger partial charge on any atom is 0.346 e. The fourth-order valence-corrected chi connectivity index (χ4v) is 4.38. The van der Waals surface area contributed by atoms with E-state index in [0.717, 1.165) is 12.7 Å². The minimum Gasteiger partial charge on any atom is -0.466 e. The maximum atomic E-state index is 13.2. The second-order valence-corrected chi connectivity index (χ2v) is 8.59. The quantitative estimate of drug-likeness (QED) is 0.396. The highest BCUT2D eigenvalue weighted by molar-refractivity contribution is 7.89. The van der Waals surface area contributed by atoms with E-state index in [-0.39, 0.29) is 11.4 Å². The normalized spacial score (nSPS) is 15.8. The average molecular weight is 449 g/mol. The van der Waals surface area contributed by atoms with Gasteiger partial charge in [-0.05, 0) is 30.7 Å². The molecule has 1 saturated heterocycles. The summed E-state index contributed by atoms with van der Waals surface area (Å²) in [6.45, 7) is 1.50. The summed E-state index contributed by atoms with van der Waals surface area (Å²) in [5.74, 6) is -1.93. The Labute approximate surface area is 178 Å². The Hall–Kier alpha value is -3.17. The highest BCUT2D eigenvalue weighted by Gasteiger charge is 2.48. The Balaban J connectivity index is 2.09. The smallest absolute Gasteiger partial charge is 0.346 e. The number of esters is 1. The molecule has 2 aromatic carbocycles. The predicted molar refractivity (Wildman–Crippen MR) is 108 cm³/mol. The molecular weight excluding hydrogens is 432 g/mol. The zero-order valence-corrected chi connectivity index (χ0v) is 17.6. The van der Waals surface area contributed by atoms with E-state index >= 15 is 0 Å². The molecule has 156 valence electrons. The van der Waals surface area contributed by atoms with Gasteiger partial charge in [0.15, 0.2) is 0 Å². The third kappa shape index (κ3) is 3.94. The molecule has 0 bridgehead atoms. The zero-order valence-electron chi connectivity index (χ0n) is 16.0. The first-order valence-electron chi connectivity index (χ1n) is 8.67. The zero-order chi connectivity index (χ0) is 22.1. The molecule has 0 atom stereocenters. The number of methoxy groups -OCH3 is 1. The molecule has 0 N–H and O–H groups in total. The lowest BCUT2D eigenvalue weighted by Crippen LogP contribution is -2.36. The monoisotopic (exact) mass is 448 g/mol. The van der Waals surface area contributed by atoms with Crippen molar-refractivity contribution in [3.8, 4) is 0 Å². The molecule has 10 heteroatoms. The fourth-order valence-electron chi connectivity index (χ4n) is 2.80. The fraction of sp³-hybridized carbons (Fsp3) is 0.150. The van der Waals surface area contributed by atoms with Gasteiger partial charge in [0.05, 0.1) is 24.6 Å². The van der Waals surface area contributed by atoms with E-state index in [4.69, 9.17) is 11.6 Å². The van der Waals surface area contributed by atoms with Gasteiger partial charge in [0.2, 0.25) is 0 Å². The Morgan fingerprint density at radius 3 is 2.33 bits per heavy atom. The van der Waals surface area contributed by atoms with Crippen LogP contribution < -0.4 is 0 Å². The van der Waals surface area contributed by atoms with Crippen molar-refractivity contribution < 1.29 is 27.5 Å². The number of carbonyl (C=O) groups is 3. The second kappa shape index (κ2) is 8.29. The molecule has 2 aromatic rings. The molecule has 0 aliphatic carbocycles. The molecule has 0 aromatic heterocycles. The van der Waals surface area contributed by atoms with Gasteiger partial charge in [-0.3, -0.25) is 9.69 Å². The Morgan fingerprint density at radius 1 is 1.10 bits per heavy atom. The first kappa shape index (κ1) is 21.5. The van der Waals surface area contributed by atoms with Gasteiger partial charge >= 0.3 is 12.0 Å². The van der Waals surface area contributed by atoms with Gasteiger partial charge in [0.1, 0.15) is 5.70 Å². The molecule has 0 spiro atoms. The third-order valence-electron chi connectivity index (χ3n) is 4.39. The molecule has 0 saturated carbocycles. The number of benzene rings is 2. The number of ether oxygens (including phenoxy) is 1. The largest absolute Gasteiger partial charge is 0.466 e. The molecule has 1 aliphatic rings. The van der Waals surface area contributed by atoms with Crippen LogP contribution in [-0.4, -0.2) is 42.6 Å². The van der Waals surface area contributed by atoms with Crippen LogP contribution in [0.2, 0.25) is 5.02 Å². The van der Waals surface area contributed by atoms with Crippen molar-refractivity contribution in [2.75, 3.05) is 7.11 Å². The standard InChI is InChI=1S/C20H17ClN2O6S/c1-13-7-9-15(10-8-13)30(27,28)23-17(11-18(24)29-2)19(25)22(20(23)26)12-14-5-3-4-6-16(14)21/h3-11H,12H2,1-2H3/b17-11-. The van der Waals surface area contributed by atoms with Crippen LogP contribution >= 0.6 is 11.6 Å². The van der Waals surface area contributed by atoms with Crippen LogP contribution in [0.15, 0.2) is 65.2 Å². The number of carbonyl (C=O) groups excluding carboxylic acids is 3. The summed E-state index contributed by atoms with van der Waals surface area (Å²) in [5.41, 5.74) is 0.621. The van der Waals surface area contributed by atoms with Crippen LogP contribution in [0.5, 0.6) is 0 Å². The lowest BCUT2D eigenvalue weighted by atomic mass is 10.2. The van der Waals surface area contributed by atoms with Crippen LogP contribution in [0.25, 0.3) is 0 Å². The number of urea groups is 1. The lowest BCUT2D eigenvalue weighted by molar-refractivity contribution is -0.135. The first-order valence-corrected chi connectivity index (χ1v) is 10.5. The van der Waals surface area contributed by atoms with Crippen LogP contribution in [0.4, 0.5) is 4.79 Å². The molecule has 1 heterocycles. The molecule has 3 rings (SSSR count). The lowest BCUT2D eigenvalue weighted by Gasteiger charge is -2.18. The molecule has 1 fully saturated rings. The van der Waals surface area contributed by atoms with E-state index in [0.29, 0.717) is 25.9 Å². The number of imide groups is 1. The second-order valence-electron chi connectivity index (χ2n) is 6.40. The van der Waals surface area contributed by atoms with E-state index in [9.17, 15) is 22.8 Å². The minimum absolute atomic E-state index is 0.204. The van der Waals surface area contributed by atoms with Crippen LogP contribution in [0, 0.1) is 6.92 Å². The first-order chi connectivity index (χ1) is 14.2. The van der Waals surface area contributed by atoms with Gasteiger partial charge in [0, 0.05) is 5.02 Å². The van der Waals surface area contributed by atoms with E-state index in [2.05, 4.69) is 4.74 Å². The summed E-state index contributed by atoms with van der Waals surface area (Å²) in [6.07, 6.45) is 0.679. The van der Waals surface area contributed by atoms with E-state index < -0.39 is 33.6 Å². The Kier molecular flexibility index (Phi) is 5.95. The molecule has 8 nitrogen and oxygen atoms in total. The van der Waals surface area contributed by atoms with Crippen molar-refractivity contribution >= 4 is 39.5 Å². The van der Waals surface area contributed by atoms with Crippen molar-refractivity contribution in [3.63, 3.8) is 0 Å². The number of rotatable bonds is 5. The number of sulfonamides is 1. The third-order valence-corrected chi connectivity index (χ3v) is 6.46. The number of halogens is 1. The van der Waals surface area contributed by atoms with Crippen molar-refractivity contribution in [3.05, 3.63) is 76.5 Å². The van der Waals surface area contributed by atoms with Gasteiger partial charge in [0.25, 0.3) is 15.9 Å². The summed E-state index contributed by atoms with van der Waals surface area (Å²) < 4.78 is 31.1. The average Bonchev–Trinajstić information content (AvgIpc) is 2.94. The van der Waals surface area contributed by atoms with Gasteiger partial charge < -0.3 is 4.74 Å². The number of nitrogens with zero attached hydrogens (tertiary/aromatic N) is 2. The highest BCUT2D eigenvalue weighted by atomic mass is 35.5. The number of aryl methyl sites for hydroxylation is 1. The SMILES string of the molecule is COC(=O)/C=C1/C(=O)N(Cc2ccccc2Cl)C(=O)N1S(=O)(=O)c1ccc(C)cc1. The van der Waals surface area contributed by atoms with E-state index in [1.165, 1.54) is 12.1 Å². The van der Waals surface area contributed by atoms with Gasteiger partial charge in [-0.25, -0.2) is 18.0 Å². The van der Waals surface area contributed by atoms with Crippen LogP contribution in [0.3, 0.4) is 0 Å². The van der Waals surface area contributed by atoms with Crippen molar-refractivity contribution in [1.29, 1.82) is 0 Å². The summed E-state index contributed by atoms with van der Waals surface area (Å²) >= 11 is 6.11. The molecule has 1 aliphatic heterocycles. The summed E-state index contributed by atoms with van der Waals surface area (Å²) in [5, 5.41) is 0.302. The Bertz CT molecular complexity index is 1160. The van der Waals surface area contributed by atoms with Gasteiger partial charge in [-0.1, -0.05) is 47.5 Å². The van der Waals surface area contributed by atoms with E-state index in [1.54, 1.807) is 43.3 Å². The van der Waals surface area contributed by atoms with Crippen molar-refractivity contribution in [2.24, 2.45) is 0 Å². The van der Waals surface area contributed by atoms with E-state index in [1.807, 2.05) is 0 Å².